The number of rotatable bonds is 14. The van der Waals surface area contributed by atoms with E-state index in [-0.39, 0.29) is 37.4 Å². The minimum Gasteiger partial charge on any atom is -0.488 e. The van der Waals surface area contributed by atoms with Gasteiger partial charge in [0, 0.05) is 11.1 Å². The molecule has 0 radical (unpaired) electrons. The summed E-state index contributed by atoms with van der Waals surface area (Å²) in [5.74, 6) is -0.421. The van der Waals surface area contributed by atoms with Crippen molar-refractivity contribution in [3.05, 3.63) is 130 Å². The standard InChI is InChI=1S/C37H40NO8/c1-37(2,3)46-38(26-39,22-29-16-18-31(35(40)42-4)33(20-29)44-24-27-12-8-6-9-13-27)23-30-17-19-32(36(41)43-5)34(21-30)45-25-28-14-10-7-11-15-28/h6-21,26H,22-25H2,1-5H3/q+1. The summed E-state index contributed by atoms with van der Waals surface area (Å²) in [5.41, 5.74) is 3.07. The van der Waals surface area contributed by atoms with Gasteiger partial charge in [0.2, 0.25) is 0 Å². The molecule has 0 aliphatic rings. The molecule has 4 aromatic rings. The summed E-state index contributed by atoms with van der Waals surface area (Å²) in [5, 5.41) is 0. The van der Waals surface area contributed by atoms with Gasteiger partial charge in [-0.1, -0.05) is 72.8 Å². The van der Waals surface area contributed by atoms with E-state index in [0.717, 1.165) is 17.5 Å². The first-order valence-corrected chi connectivity index (χ1v) is 14.8. The van der Waals surface area contributed by atoms with Gasteiger partial charge in [-0.25, -0.2) is 14.4 Å². The van der Waals surface area contributed by atoms with Crippen molar-refractivity contribution in [3.8, 4) is 11.5 Å². The summed E-state index contributed by atoms with van der Waals surface area (Å²) in [4.78, 5) is 44.5. The number of quaternary nitrogens is 1. The van der Waals surface area contributed by atoms with Crippen LogP contribution in [0.4, 0.5) is 0 Å². The topological polar surface area (TPSA) is 97.4 Å². The van der Waals surface area contributed by atoms with Crippen molar-refractivity contribution in [1.29, 1.82) is 0 Å². The molecule has 4 aromatic carbocycles. The van der Waals surface area contributed by atoms with Crippen LogP contribution in [0.5, 0.6) is 11.5 Å². The number of amides is 1. The van der Waals surface area contributed by atoms with E-state index >= 15 is 0 Å². The number of carbonyl (C=O) groups is 3. The van der Waals surface area contributed by atoms with Crippen molar-refractivity contribution in [1.82, 2.24) is 0 Å². The molecule has 4 rings (SSSR count). The van der Waals surface area contributed by atoms with E-state index in [0.29, 0.717) is 22.6 Å². The molecular formula is C37H40NO8+. The van der Waals surface area contributed by atoms with Crippen LogP contribution in [0.15, 0.2) is 97.1 Å². The van der Waals surface area contributed by atoms with Gasteiger partial charge in [-0.2, -0.15) is 4.84 Å². The first kappa shape index (κ1) is 33.9. The second-order valence-corrected chi connectivity index (χ2v) is 11.8. The molecule has 1 amide bonds. The lowest BCUT2D eigenvalue weighted by Crippen LogP contribution is -2.50. The summed E-state index contributed by atoms with van der Waals surface area (Å²) in [6, 6.07) is 29.4. The van der Waals surface area contributed by atoms with Crippen LogP contribution in [-0.2, 0) is 45.4 Å². The molecular weight excluding hydrogens is 586 g/mol. The van der Waals surface area contributed by atoms with E-state index in [9.17, 15) is 14.4 Å². The third-order valence-corrected chi connectivity index (χ3v) is 6.93. The number of nitrogens with zero attached hydrogens (tertiary/aromatic N) is 1. The smallest absolute Gasteiger partial charge is 0.341 e. The average Bonchev–Trinajstić information content (AvgIpc) is 3.06. The molecule has 0 unspecified atom stereocenters. The summed E-state index contributed by atoms with van der Waals surface area (Å²) in [7, 11) is 2.62. The highest BCUT2D eigenvalue weighted by atomic mass is 16.7. The van der Waals surface area contributed by atoms with Crippen LogP contribution in [0.1, 0.15) is 63.7 Å². The van der Waals surface area contributed by atoms with Crippen molar-refractivity contribution in [2.75, 3.05) is 14.2 Å². The number of esters is 2. The number of hydroxylamine groups is 3. The van der Waals surface area contributed by atoms with E-state index in [4.69, 9.17) is 23.8 Å². The van der Waals surface area contributed by atoms with Gasteiger partial charge in [0.15, 0.2) is 0 Å². The van der Waals surface area contributed by atoms with Crippen LogP contribution in [0.2, 0.25) is 0 Å². The second kappa shape index (κ2) is 15.3. The summed E-state index contributed by atoms with van der Waals surface area (Å²) in [6.45, 7) is 6.30. The van der Waals surface area contributed by atoms with Gasteiger partial charge in [-0.05, 0) is 56.2 Å². The fraction of sp³-hybridized carbons (Fsp3) is 0.270. The molecule has 0 aliphatic carbocycles. The lowest BCUT2D eigenvalue weighted by Gasteiger charge is -2.35. The van der Waals surface area contributed by atoms with Crippen molar-refractivity contribution in [2.24, 2.45) is 0 Å². The van der Waals surface area contributed by atoms with Gasteiger partial charge in [0.25, 0.3) is 0 Å². The van der Waals surface area contributed by atoms with Crippen molar-refractivity contribution >= 4 is 18.3 Å². The zero-order chi connectivity index (χ0) is 33.2. The summed E-state index contributed by atoms with van der Waals surface area (Å²) >= 11 is 0. The quantitative estimate of drug-likeness (QED) is 0.0651. The molecule has 0 N–H and O–H groups in total. The molecule has 0 atom stereocenters. The van der Waals surface area contributed by atoms with Crippen LogP contribution < -0.4 is 9.47 Å². The normalized spacial score (nSPS) is 11.4. The van der Waals surface area contributed by atoms with Gasteiger partial charge < -0.3 is 18.9 Å². The molecule has 0 saturated heterocycles. The first-order chi connectivity index (χ1) is 22.0. The SMILES string of the molecule is COC(=O)c1ccc(C[N+](C=O)(Cc2ccc(C(=O)OC)c(OCc3ccccc3)c2)OC(C)(C)C)cc1OCc1ccccc1. The predicted octanol–water partition coefficient (Wildman–Crippen LogP) is 6.82. The number of methoxy groups -OCH3 is 2. The molecule has 0 aliphatic heterocycles. The Morgan fingerprint density at radius 3 is 1.39 bits per heavy atom. The molecule has 0 spiro atoms. The number of benzene rings is 4. The summed E-state index contributed by atoms with van der Waals surface area (Å²) in [6.07, 6.45) is 0.753. The number of ether oxygens (including phenoxy) is 4. The van der Waals surface area contributed by atoms with Crippen molar-refractivity contribution < 1.29 is 42.8 Å². The number of carbonyl (C=O) groups excluding carboxylic acids is 3. The molecule has 9 nitrogen and oxygen atoms in total. The van der Waals surface area contributed by atoms with Crippen LogP contribution in [-0.4, -0.2) is 42.8 Å². The van der Waals surface area contributed by atoms with Crippen LogP contribution in [0.3, 0.4) is 0 Å². The van der Waals surface area contributed by atoms with E-state index < -0.39 is 22.2 Å². The second-order valence-electron chi connectivity index (χ2n) is 11.8. The highest BCUT2D eigenvalue weighted by Crippen LogP contribution is 2.31. The largest absolute Gasteiger partial charge is 0.488 e. The zero-order valence-electron chi connectivity index (χ0n) is 26.9. The number of hydrogen-bond donors (Lipinski definition) is 0. The monoisotopic (exact) mass is 626 g/mol. The van der Waals surface area contributed by atoms with Gasteiger partial charge in [-0.3, -0.25) is 0 Å². The van der Waals surface area contributed by atoms with Crippen LogP contribution in [0.25, 0.3) is 0 Å². The fourth-order valence-electron chi connectivity index (χ4n) is 4.98. The van der Waals surface area contributed by atoms with Gasteiger partial charge in [0.05, 0.1) is 14.2 Å². The van der Waals surface area contributed by atoms with E-state index in [1.165, 1.54) is 14.2 Å². The van der Waals surface area contributed by atoms with E-state index in [2.05, 4.69) is 0 Å². The van der Waals surface area contributed by atoms with Gasteiger partial charge in [-0.15, -0.1) is 4.65 Å². The van der Waals surface area contributed by atoms with E-state index in [1.54, 1.807) is 36.4 Å². The van der Waals surface area contributed by atoms with Crippen LogP contribution >= 0.6 is 0 Å². The third-order valence-electron chi connectivity index (χ3n) is 6.93. The van der Waals surface area contributed by atoms with Gasteiger partial charge in [0.1, 0.15) is 54.5 Å². The van der Waals surface area contributed by atoms with Crippen molar-refractivity contribution in [3.63, 3.8) is 0 Å². The third kappa shape index (κ3) is 9.26. The Morgan fingerprint density at radius 1 is 0.630 bits per heavy atom. The minimum atomic E-state index is -0.710. The maximum atomic E-state index is 13.0. The molecule has 0 saturated carbocycles. The lowest BCUT2D eigenvalue weighted by atomic mass is 10.1. The first-order valence-electron chi connectivity index (χ1n) is 14.8. The Labute approximate surface area is 269 Å². The molecule has 9 heteroatoms. The average molecular weight is 627 g/mol. The Kier molecular flexibility index (Phi) is 11.3. The lowest BCUT2D eigenvalue weighted by molar-refractivity contribution is -1.07. The van der Waals surface area contributed by atoms with Crippen molar-refractivity contribution in [2.45, 2.75) is 52.7 Å². The maximum Gasteiger partial charge on any atom is 0.341 e. The Balaban J connectivity index is 1.68. The molecule has 0 fully saturated rings. The number of hydrogen-bond acceptors (Lipinski definition) is 8. The predicted molar refractivity (Wildman–Crippen MR) is 172 cm³/mol. The molecule has 240 valence electrons. The highest BCUT2D eigenvalue weighted by Gasteiger charge is 2.37. The Bertz CT molecular complexity index is 1520. The molecule has 0 bridgehead atoms. The molecule has 46 heavy (non-hydrogen) atoms. The minimum absolute atomic E-state index is 0.114. The van der Waals surface area contributed by atoms with Crippen LogP contribution in [0, 0.1) is 0 Å². The molecule has 0 aromatic heterocycles. The zero-order valence-corrected chi connectivity index (χ0v) is 26.9. The molecule has 0 heterocycles. The Morgan fingerprint density at radius 2 is 1.04 bits per heavy atom. The highest BCUT2D eigenvalue weighted by molar-refractivity contribution is 5.93. The fourth-order valence-corrected chi connectivity index (χ4v) is 4.98. The van der Waals surface area contributed by atoms with Gasteiger partial charge >= 0.3 is 18.3 Å². The summed E-state index contributed by atoms with van der Waals surface area (Å²) < 4.78 is 21.7. The maximum absolute atomic E-state index is 13.0. The van der Waals surface area contributed by atoms with E-state index in [1.807, 2.05) is 81.4 Å². The Hall–Kier alpha value is -4.99.